The molecule has 0 spiro atoms. The summed E-state index contributed by atoms with van der Waals surface area (Å²) in [5, 5.41) is 0. The number of hydrogen-bond acceptors (Lipinski definition) is 4. The largest absolute Gasteiger partial charge is 0.443 e. The van der Waals surface area contributed by atoms with Gasteiger partial charge in [0.15, 0.2) is 0 Å². The third kappa shape index (κ3) is 5.71. The number of rotatable bonds is 5. The van der Waals surface area contributed by atoms with Gasteiger partial charge in [-0.25, -0.2) is 9.78 Å². The van der Waals surface area contributed by atoms with Gasteiger partial charge in [-0.05, 0) is 72.0 Å². The van der Waals surface area contributed by atoms with Gasteiger partial charge in [0.25, 0.3) is 0 Å². The maximum Gasteiger partial charge on any atom is 0.416 e. The molecule has 1 saturated carbocycles. The summed E-state index contributed by atoms with van der Waals surface area (Å²) in [5.74, 6) is 0.821. The minimum atomic E-state index is -0.516. The molecule has 2 fully saturated rings. The summed E-state index contributed by atoms with van der Waals surface area (Å²) in [5.41, 5.74) is 0.676. The second-order valence-corrected chi connectivity index (χ2v) is 9.61. The fourth-order valence-electron chi connectivity index (χ4n) is 4.83. The van der Waals surface area contributed by atoms with E-state index >= 15 is 0 Å². The van der Waals surface area contributed by atoms with Gasteiger partial charge in [-0.1, -0.05) is 38.7 Å². The van der Waals surface area contributed by atoms with Crippen molar-refractivity contribution in [2.75, 3.05) is 18.0 Å². The van der Waals surface area contributed by atoms with E-state index in [0.717, 1.165) is 57.4 Å². The van der Waals surface area contributed by atoms with Crippen molar-refractivity contribution < 1.29 is 9.53 Å². The molecule has 162 valence electrons. The van der Waals surface area contributed by atoms with Gasteiger partial charge in [0.1, 0.15) is 11.4 Å². The molecule has 5 heteroatoms. The van der Waals surface area contributed by atoms with E-state index in [1.54, 1.807) is 0 Å². The monoisotopic (exact) mass is 401 g/mol. The lowest BCUT2D eigenvalue weighted by Crippen LogP contribution is -2.46. The SMILES string of the molecule is CCCN1CCCC[C@@H]1c1cccnc1N(C(=O)OC(C)(C)C)C1CCCCC1. The molecule has 5 nitrogen and oxygen atoms in total. The Labute approximate surface area is 176 Å². The van der Waals surface area contributed by atoms with Crippen LogP contribution in [0, 0.1) is 0 Å². The summed E-state index contributed by atoms with van der Waals surface area (Å²) in [6, 6.07) is 4.71. The van der Waals surface area contributed by atoms with Gasteiger partial charge in [-0.2, -0.15) is 0 Å². The summed E-state index contributed by atoms with van der Waals surface area (Å²) >= 11 is 0. The van der Waals surface area contributed by atoms with Gasteiger partial charge in [0.05, 0.1) is 0 Å². The minimum absolute atomic E-state index is 0.176. The van der Waals surface area contributed by atoms with Crippen LogP contribution in [0.15, 0.2) is 18.3 Å². The van der Waals surface area contributed by atoms with Gasteiger partial charge in [-0.15, -0.1) is 0 Å². The Bertz CT molecular complexity index is 662. The Morgan fingerprint density at radius 3 is 2.59 bits per heavy atom. The van der Waals surface area contributed by atoms with E-state index in [0.29, 0.717) is 6.04 Å². The molecular weight excluding hydrogens is 362 g/mol. The van der Waals surface area contributed by atoms with Crippen molar-refractivity contribution in [2.24, 2.45) is 0 Å². The number of nitrogens with zero attached hydrogens (tertiary/aromatic N) is 3. The number of pyridine rings is 1. The zero-order valence-electron chi connectivity index (χ0n) is 18.8. The van der Waals surface area contributed by atoms with Gasteiger partial charge in [0, 0.05) is 23.8 Å². The van der Waals surface area contributed by atoms with Crippen molar-refractivity contribution in [2.45, 2.75) is 103 Å². The van der Waals surface area contributed by atoms with E-state index in [1.165, 1.54) is 24.8 Å². The molecule has 0 radical (unpaired) electrons. The Morgan fingerprint density at radius 2 is 1.90 bits per heavy atom. The maximum absolute atomic E-state index is 13.4. The fourth-order valence-corrected chi connectivity index (χ4v) is 4.83. The molecule has 1 aliphatic carbocycles. The lowest BCUT2D eigenvalue weighted by molar-refractivity contribution is 0.0555. The highest BCUT2D eigenvalue weighted by Gasteiger charge is 2.35. The predicted octanol–water partition coefficient (Wildman–Crippen LogP) is 6.09. The summed E-state index contributed by atoms with van der Waals surface area (Å²) in [4.78, 5) is 22.6. The van der Waals surface area contributed by atoms with Crippen LogP contribution in [-0.4, -0.2) is 40.7 Å². The third-order valence-corrected chi connectivity index (χ3v) is 6.06. The number of amides is 1. The van der Waals surface area contributed by atoms with Crippen molar-refractivity contribution in [3.05, 3.63) is 23.9 Å². The average Bonchev–Trinajstić information content (AvgIpc) is 2.69. The molecule has 0 aromatic carbocycles. The zero-order chi connectivity index (χ0) is 20.9. The molecular formula is C24H39N3O2. The van der Waals surface area contributed by atoms with Crippen molar-refractivity contribution in [1.82, 2.24) is 9.88 Å². The number of carbonyl (C=O) groups excluding carboxylic acids is 1. The molecule has 0 bridgehead atoms. The predicted molar refractivity (Wildman–Crippen MR) is 118 cm³/mol. The summed E-state index contributed by atoms with van der Waals surface area (Å²) in [6.45, 7) is 10.3. The van der Waals surface area contributed by atoms with Crippen LogP contribution in [0.1, 0.15) is 97.1 Å². The van der Waals surface area contributed by atoms with E-state index < -0.39 is 5.60 Å². The Morgan fingerprint density at radius 1 is 1.17 bits per heavy atom. The molecule has 1 saturated heterocycles. The van der Waals surface area contributed by atoms with Crippen LogP contribution >= 0.6 is 0 Å². The number of anilines is 1. The first-order valence-electron chi connectivity index (χ1n) is 11.6. The first kappa shape index (κ1) is 22.1. The number of ether oxygens (including phenoxy) is 1. The number of likely N-dealkylation sites (tertiary alicyclic amines) is 1. The highest BCUT2D eigenvalue weighted by Crippen LogP contribution is 2.38. The first-order valence-corrected chi connectivity index (χ1v) is 11.6. The second-order valence-electron chi connectivity index (χ2n) is 9.61. The standard InChI is InChI=1S/C24H39N3O2/c1-5-17-26-18-10-9-15-21(26)20-14-11-16-25-22(20)27(19-12-7-6-8-13-19)23(28)29-24(2,3)4/h11,14,16,19,21H,5-10,12-13,15,17-18H2,1-4H3/t21-/m1/s1. The van der Waals surface area contributed by atoms with Crippen LogP contribution in [0.5, 0.6) is 0 Å². The highest BCUT2D eigenvalue weighted by molar-refractivity contribution is 5.88. The van der Waals surface area contributed by atoms with E-state index in [2.05, 4.69) is 17.9 Å². The number of aromatic nitrogens is 1. The van der Waals surface area contributed by atoms with Gasteiger partial charge < -0.3 is 4.74 Å². The Kier molecular flexibility index (Phi) is 7.55. The molecule has 29 heavy (non-hydrogen) atoms. The highest BCUT2D eigenvalue weighted by atomic mass is 16.6. The lowest BCUT2D eigenvalue weighted by Gasteiger charge is -2.40. The molecule has 0 N–H and O–H groups in total. The first-order chi connectivity index (χ1) is 13.9. The van der Waals surface area contributed by atoms with E-state index in [9.17, 15) is 4.79 Å². The maximum atomic E-state index is 13.4. The van der Waals surface area contributed by atoms with Crippen LogP contribution in [-0.2, 0) is 4.74 Å². The molecule has 2 aliphatic rings. The van der Waals surface area contributed by atoms with Crippen LogP contribution in [0.2, 0.25) is 0 Å². The molecule has 2 heterocycles. The van der Waals surface area contributed by atoms with Crippen LogP contribution in [0.25, 0.3) is 0 Å². The Balaban J connectivity index is 1.98. The van der Waals surface area contributed by atoms with E-state index in [-0.39, 0.29) is 12.1 Å². The number of hydrogen-bond donors (Lipinski definition) is 0. The van der Waals surface area contributed by atoms with Crippen LogP contribution in [0.4, 0.5) is 10.6 Å². The van der Waals surface area contributed by atoms with Crippen LogP contribution in [0.3, 0.4) is 0 Å². The molecule has 1 aliphatic heterocycles. The van der Waals surface area contributed by atoms with E-state index in [4.69, 9.17) is 9.72 Å². The molecule has 1 atom stereocenters. The van der Waals surface area contributed by atoms with Crippen LogP contribution < -0.4 is 4.90 Å². The summed E-state index contributed by atoms with van der Waals surface area (Å²) < 4.78 is 5.86. The zero-order valence-corrected chi connectivity index (χ0v) is 18.8. The molecule has 3 rings (SSSR count). The van der Waals surface area contributed by atoms with Crippen molar-refractivity contribution in [3.8, 4) is 0 Å². The second kappa shape index (κ2) is 9.92. The van der Waals surface area contributed by atoms with Crippen molar-refractivity contribution in [3.63, 3.8) is 0 Å². The number of piperidine rings is 1. The van der Waals surface area contributed by atoms with E-state index in [1.807, 2.05) is 37.9 Å². The van der Waals surface area contributed by atoms with Gasteiger partial charge in [-0.3, -0.25) is 9.80 Å². The molecule has 1 amide bonds. The van der Waals surface area contributed by atoms with Gasteiger partial charge >= 0.3 is 6.09 Å². The smallest absolute Gasteiger partial charge is 0.416 e. The lowest BCUT2D eigenvalue weighted by atomic mass is 9.92. The summed E-state index contributed by atoms with van der Waals surface area (Å²) in [6.07, 6.45) is 12.0. The van der Waals surface area contributed by atoms with Crippen molar-refractivity contribution >= 4 is 11.9 Å². The summed E-state index contributed by atoms with van der Waals surface area (Å²) in [7, 11) is 0. The Hall–Kier alpha value is -1.62. The quantitative estimate of drug-likeness (QED) is 0.598. The molecule has 0 unspecified atom stereocenters. The average molecular weight is 402 g/mol. The van der Waals surface area contributed by atoms with Gasteiger partial charge in [0.2, 0.25) is 0 Å². The minimum Gasteiger partial charge on any atom is -0.443 e. The molecule has 1 aromatic rings. The topological polar surface area (TPSA) is 45.7 Å². The number of carbonyl (C=O) groups is 1. The normalized spacial score (nSPS) is 21.7. The van der Waals surface area contributed by atoms with Crippen molar-refractivity contribution in [1.29, 1.82) is 0 Å². The third-order valence-electron chi connectivity index (χ3n) is 6.06. The molecule has 1 aromatic heterocycles. The fraction of sp³-hybridized carbons (Fsp3) is 0.750.